The highest BCUT2D eigenvalue weighted by molar-refractivity contribution is 7.80. The van der Waals surface area contributed by atoms with Gasteiger partial charge in [-0.2, -0.15) is 0 Å². The first kappa shape index (κ1) is 16.9. The smallest absolute Gasteiger partial charge is 0.00924 e. The van der Waals surface area contributed by atoms with E-state index < -0.39 is 7.92 Å². The number of rotatable bonds is 3. The van der Waals surface area contributed by atoms with Crippen LogP contribution in [0.15, 0.2) is 60.7 Å². The maximum atomic E-state index is 2.32. The summed E-state index contributed by atoms with van der Waals surface area (Å²) in [7, 11) is -0.550. The van der Waals surface area contributed by atoms with Crippen LogP contribution in [0.2, 0.25) is 0 Å². The van der Waals surface area contributed by atoms with Crippen LogP contribution < -0.4 is 15.9 Å². The summed E-state index contributed by atoms with van der Waals surface area (Å²) in [5, 5.41) is 4.50. The zero-order valence-corrected chi connectivity index (χ0v) is 16.1. The van der Waals surface area contributed by atoms with Crippen LogP contribution in [0.4, 0.5) is 0 Å². The first-order chi connectivity index (χ1) is 11.5. The van der Waals surface area contributed by atoms with Crippen LogP contribution in [0.3, 0.4) is 0 Å². The second-order valence-corrected chi connectivity index (χ2v) is 8.65. The highest BCUT2D eigenvalue weighted by Gasteiger charge is 2.24. The third-order valence-electron chi connectivity index (χ3n) is 4.68. The fourth-order valence-electron chi connectivity index (χ4n) is 3.48. The zero-order valence-electron chi connectivity index (χ0n) is 15.2. The van der Waals surface area contributed by atoms with Gasteiger partial charge in [0.25, 0.3) is 0 Å². The minimum atomic E-state index is -0.550. The predicted molar refractivity (Wildman–Crippen MR) is 109 cm³/mol. The van der Waals surface area contributed by atoms with Crippen LogP contribution >= 0.6 is 7.92 Å². The van der Waals surface area contributed by atoms with Gasteiger partial charge in [-0.3, -0.25) is 0 Å². The summed E-state index contributed by atoms with van der Waals surface area (Å²) in [5.41, 5.74) is 6.96. The lowest BCUT2D eigenvalue weighted by atomic mass is 10.1. The quantitative estimate of drug-likeness (QED) is 0.593. The molecule has 0 aliphatic rings. The van der Waals surface area contributed by atoms with Crippen LogP contribution in [0, 0.1) is 34.6 Å². The molecule has 0 aliphatic heterocycles. The Morgan fingerprint density at radius 1 is 0.458 bits per heavy atom. The van der Waals surface area contributed by atoms with Crippen molar-refractivity contribution >= 4 is 23.8 Å². The van der Waals surface area contributed by atoms with Gasteiger partial charge in [-0.15, -0.1) is 0 Å². The van der Waals surface area contributed by atoms with Crippen molar-refractivity contribution in [2.75, 3.05) is 0 Å². The van der Waals surface area contributed by atoms with Crippen molar-refractivity contribution in [2.45, 2.75) is 34.6 Å². The van der Waals surface area contributed by atoms with Crippen molar-refractivity contribution in [3.05, 3.63) is 88.5 Å². The molecule has 0 bridgehead atoms. The number of hydrogen-bond acceptors (Lipinski definition) is 0. The molecule has 122 valence electrons. The summed E-state index contributed by atoms with van der Waals surface area (Å²) in [6.07, 6.45) is 0. The van der Waals surface area contributed by atoms with Crippen LogP contribution in [0.5, 0.6) is 0 Å². The third-order valence-corrected chi connectivity index (χ3v) is 7.97. The molecule has 3 aromatic carbocycles. The van der Waals surface area contributed by atoms with Gasteiger partial charge < -0.3 is 0 Å². The predicted octanol–water partition coefficient (Wildman–Crippen LogP) is 4.99. The second kappa shape index (κ2) is 6.91. The van der Waals surface area contributed by atoms with Gasteiger partial charge >= 0.3 is 0 Å². The van der Waals surface area contributed by atoms with E-state index in [0.717, 1.165) is 0 Å². The molecule has 0 N–H and O–H groups in total. The van der Waals surface area contributed by atoms with E-state index in [1.54, 1.807) is 0 Å². The first-order valence-corrected chi connectivity index (χ1v) is 9.83. The first-order valence-electron chi connectivity index (χ1n) is 8.49. The van der Waals surface area contributed by atoms with E-state index in [4.69, 9.17) is 0 Å². The van der Waals surface area contributed by atoms with Gasteiger partial charge in [0.2, 0.25) is 0 Å². The maximum Gasteiger partial charge on any atom is -0.00924 e. The summed E-state index contributed by atoms with van der Waals surface area (Å²) in [5.74, 6) is 0. The molecule has 0 saturated heterocycles. The number of benzene rings is 3. The third kappa shape index (κ3) is 3.04. The van der Waals surface area contributed by atoms with Gasteiger partial charge in [0, 0.05) is 0 Å². The Labute approximate surface area is 147 Å². The highest BCUT2D eigenvalue weighted by Crippen LogP contribution is 2.38. The van der Waals surface area contributed by atoms with E-state index in [1.165, 1.54) is 43.7 Å². The fourth-order valence-corrected chi connectivity index (χ4v) is 6.56. The average molecular weight is 332 g/mol. The van der Waals surface area contributed by atoms with E-state index in [0.29, 0.717) is 0 Å². The maximum absolute atomic E-state index is 2.32. The SMILES string of the molecule is Cc1ccccc1P(c1c(C)cccc1C)c1c(C)cccc1C. The monoisotopic (exact) mass is 332 g/mol. The van der Waals surface area contributed by atoms with Gasteiger partial charge in [-0.05, 0) is 86.3 Å². The van der Waals surface area contributed by atoms with Gasteiger partial charge in [0.15, 0.2) is 0 Å². The summed E-state index contributed by atoms with van der Waals surface area (Å²) >= 11 is 0. The molecule has 3 rings (SSSR count). The molecule has 0 unspecified atom stereocenters. The lowest BCUT2D eigenvalue weighted by molar-refractivity contribution is 1.42. The van der Waals surface area contributed by atoms with Crippen LogP contribution in [0.1, 0.15) is 27.8 Å². The molecule has 0 amide bonds. The van der Waals surface area contributed by atoms with Crippen molar-refractivity contribution < 1.29 is 0 Å². The Hall–Kier alpha value is -1.91. The Morgan fingerprint density at radius 3 is 1.25 bits per heavy atom. The minimum absolute atomic E-state index is 0.550. The molecular formula is C23H25P. The largest absolute Gasteiger partial charge is 0.0620 e. The average Bonchev–Trinajstić information content (AvgIpc) is 2.53. The molecule has 0 aromatic heterocycles. The Morgan fingerprint density at radius 2 is 0.833 bits per heavy atom. The molecule has 0 fully saturated rings. The summed E-state index contributed by atoms with van der Waals surface area (Å²) in [6.45, 7) is 11.3. The zero-order chi connectivity index (χ0) is 17.3. The van der Waals surface area contributed by atoms with Crippen LogP contribution in [-0.4, -0.2) is 0 Å². The van der Waals surface area contributed by atoms with Gasteiger partial charge in [-0.25, -0.2) is 0 Å². The molecule has 0 atom stereocenters. The highest BCUT2D eigenvalue weighted by atomic mass is 31.1. The van der Waals surface area contributed by atoms with E-state index in [-0.39, 0.29) is 0 Å². The molecule has 0 spiro atoms. The Kier molecular flexibility index (Phi) is 4.88. The summed E-state index contributed by atoms with van der Waals surface area (Å²) in [4.78, 5) is 0. The van der Waals surface area contributed by atoms with E-state index in [9.17, 15) is 0 Å². The van der Waals surface area contributed by atoms with Gasteiger partial charge in [0.1, 0.15) is 0 Å². The Bertz CT molecular complexity index is 785. The molecular weight excluding hydrogens is 307 g/mol. The van der Waals surface area contributed by atoms with E-state index >= 15 is 0 Å². The minimum Gasteiger partial charge on any atom is -0.0620 e. The Balaban J connectivity index is 2.37. The van der Waals surface area contributed by atoms with E-state index in [2.05, 4.69) is 95.3 Å². The normalized spacial score (nSPS) is 11.1. The van der Waals surface area contributed by atoms with Crippen LogP contribution in [0.25, 0.3) is 0 Å². The van der Waals surface area contributed by atoms with Gasteiger partial charge in [-0.1, -0.05) is 60.7 Å². The summed E-state index contributed by atoms with van der Waals surface area (Å²) in [6, 6.07) is 22.2. The van der Waals surface area contributed by atoms with Crippen molar-refractivity contribution in [3.8, 4) is 0 Å². The number of hydrogen-bond donors (Lipinski definition) is 0. The van der Waals surface area contributed by atoms with Crippen LogP contribution in [-0.2, 0) is 0 Å². The second-order valence-electron chi connectivity index (χ2n) is 6.60. The molecule has 1 heteroatoms. The molecule has 0 saturated carbocycles. The molecule has 0 aliphatic carbocycles. The summed E-state index contributed by atoms with van der Waals surface area (Å²) < 4.78 is 0. The number of aryl methyl sites for hydroxylation is 5. The standard InChI is InChI=1S/C23H25P/c1-16-10-6-7-15-21(16)24(22-17(2)11-8-12-18(22)3)23-19(4)13-9-14-20(23)5/h6-15H,1-5H3. The molecule has 0 heterocycles. The van der Waals surface area contributed by atoms with Crippen molar-refractivity contribution in [1.82, 2.24) is 0 Å². The van der Waals surface area contributed by atoms with Crippen molar-refractivity contribution in [3.63, 3.8) is 0 Å². The lowest BCUT2D eigenvalue weighted by Gasteiger charge is -2.27. The molecule has 0 nitrogen and oxygen atoms in total. The van der Waals surface area contributed by atoms with Gasteiger partial charge in [0.05, 0.1) is 0 Å². The molecule has 3 aromatic rings. The van der Waals surface area contributed by atoms with E-state index in [1.807, 2.05) is 0 Å². The topological polar surface area (TPSA) is 0 Å². The lowest BCUT2D eigenvalue weighted by Crippen LogP contribution is -2.28. The fraction of sp³-hybridized carbons (Fsp3) is 0.217. The molecule has 24 heavy (non-hydrogen) atoms. The van der Waals surface area contributed by atoms with Crippen molar-refractivity contribution in [1.29, 1.82) is 0 Å². The molecule has 0 radical (unpaired) electrons. The van der Waals surface area contributed by atoms with Crippen molar-refractivity contribution in [2.24, 2.45) is 0 Å².